The third-order valence-corrected chi connectivity index (χ3v) is 8.24. The number of benzene rings is 4. The van der Waals surface area contributed by atoms with Gasteiger partial charge in [-0.2, -0.15) is 0 Å². The SMILES string of the molecule is O=C(O)c1ccc(CC(C(=O)Nc2ccc(-c3cc4ccccc4o3)cc2)c2ccc(C3CCCCC3)cc2)cc1. The number of rotatable bonds is 8. The number of hydrogen-bond donors (Lipinski definition) is 2. The van der Waals surface area contributed by atoms with Gasteiger partial charge in [0.25, 0.3) is 0 Å². The molecule has 1 atom stereocenters. The third kappa shape index (κ3) is 6.09. The molecule has 0 spiro atoms. The fourth-order valence-corrected chi connectivity index (χ4v) is 5.89. The molecule has 206 valence electrons. The molecule has 1 heterocycles. The van der Waals surface area contributed by atoms with Gasteiger partial charge in [-0.05, 0) is 90.4 Å². The molecule has 1 aromatic heterocycles. The van der Waals surface area contributed by atoms with Gasteiger partial charge < -0.3 is 14.8 Å². The highest BCUT2D eigenvalue weighted by molar-refractivity contribution is 5.96. The summed E-state index contributed by atoms with van der Waals surface area (Å²) in [5, 5.41) is 13.4. The van der Waals surface area contributed by atoms with E-state index in [1.807, 2.05) is 54.6 Å². The summed E-state index contributed by atoms with van der Waals surface area (Å²) in [4.78, 5) is 25.0. The largest absolute Gasteiger partial charge is 0.478 e. The lowest BCUT2D eigenvalue weighted by molar-refractivity contribution is -0.117. The van der Waals surface area contributed by atoms with E-state index in [2.05, 4.69) is 29.6 Å². The zero-order chi connectivity index (χ0) is 28.2. The molecular weight excluding hydrogens is 510 g/mol. The van der Waals surface area contributed by atoms with E-state index in [9.17, 15) is 14.7 Å². The summed E-state index contributed by atoms with van der Waals surface area (Å²) >= 11 is 0. The zero-order valence-electron chi connectivity index (χ0n) is 22.9. The standard InChI is InChI=1S/C36H33NO4/c38-35(37-31-20-18-28(19-21-31)34-23-30-8-4-5-9-33(30)41-34)32(22-24-10-12-29(13-11-24)36(39)40)27-16-14-26(15-17-27)25-6-2-1-3-7-25/h4-5,8-21,23,25,32H,1-3,6-7,22H2,(H,37,38)(H,39,40). The van der Waals surface area contributed by atoms with Crippen LogP contribution in [0.15, 0.2) is 108 Å². The maximum absolute atomic E-state index is 13.7. The summed E-state index contributed by atoms with van der Waals surface area (Å²) in [5.74, 6) is -0.116. The minimum atomic E-state index is -0.963. The van der Waals surface area contributed by atoms with E-state index in [0.717, 1.165) is 33.4 Å². The Kier molecular flexibility index (Phi) is 7.68. The van der Waals surface area contributed by atoms with E-state index in [4.69, 9.17) is 4.42 Å². The zero-order valence-corrected chi connectivity index (χ0v) is 22.9. The topological polar surface area (TPSA) is 79.5 Å². The van der Waals surface area contributed by atoms with E-state index in [-0.39, 0.29) is 11.5 Å². The molecule has 41 heavy (non-hydrogen) atoms. The quantitative estimate of drug-likeness (QED) is 0.205. The fraction of sp³-hybridized carbons (Fsp3) is 0.222. The lowest BCUT2D eigenvalue weighted by Crippen LogP contribution is -2.23. The molecule has 6 rings (SSSR count). The Balaban J connectivity index is 1.22. The van der Waals surface area contributed by atoms with Crippen LogP contribution < -0.4 is 5.32 Å². The van der Waals surface area contributed by atoms with Crippen molar-refractivity contribution < 1.29 is 19.1 Å². The van der Waals surface area contributed by atoms with Crippen LogP contribution in [0.2, 0.25) is 0 Å². The second kappa shape index (κ2) is 11.8. The van der Waals surface area contributed by atoms with E-state index < -0.39 is 11.9 Å². The number of anilines is 1. The van der Waals surface area contributed by atoms with E-state index in [0.29, 0.717) is 18.0 Å². The molecule has 0 aliphatic heterocycles. The maximum atomic E-state index is 13.7. The normalized spacial score (nSPS) is 14.5. The maximum Gasteiger partial charge on any atom is 0.335 e. The molecule has 1 saturated carbocycles. The van der Waals surface area contributed by atoms with Gasteiger partial charge in [0, 0.05) is 16.6 Å². The molecule has 5 aromatic rings. The van der Waals surface area contributed by atoms with Crippen molar-refractivity contribution in [2.75, 3.05) is 5.32 Å². The van der Waals surface area contributed by atoms with Crippen LogP contribution in [0.1, 0.15) is 71.0 Å². The number of nitrogens with one attached hydrogen (secondary N) is 1. The van der Waals surface area contributed by atoms with Crippen LogP contribution in [0.5, 0.6) is 0 Å². The molecule has 0 saturated heterocycles. The molecule has 0 radical (unpaired) electrons. The van der Waals surface area contributed by atoms with Gasteiger partial charge in [0.2, 0.25) is 5.91 Å². The lowest BCUT2D eigenvalue weighted by Gasteiger charge is -2.23. The first-order valence-corrected chi connectivity index (χ1v) is 14.4. The van der Waals surface area contributed by atoms with Gasteiger partial charge in [-0.1, -0.05) is 73.9 Å². The summed E-state index contributed by atoms with van der Waals surface area (Å²) in [5.41, 5.74) is 5.92. The number of aromatic carboxylic acids is 1. The number of para-hydroxylation sites is 1. The number of carboxylic acid groups (broad SMARTS) is 1. The predicted octanol–water partition coefficient (Wildman–Crippen LogP) is 8.81. The summed E-state index contributed by atoms with van der Waals surface area (Å²) in [7, 11) is 0. The molecule has 1 fully saturated rings. The van der Waals surface area contributed by atoms with Crippen molar-refractivity contribution in [3.63, 3.8) is 0 Å². The number of carbonyl (C=O) groups excluding carboxylic acids is 1. The minimum absolute atomic E-state index is 0.103. The van der Waals surface area contributed by atoms with Crippen molar-refractivity contribution in [2.45, 2.75) is 50.4 Å². The Hall–Kier alpha value is -4.64. The van der Waals surface area contributed by atoms with Crippen LogP contribution in [0.4, 0.5) is 5.69 Å². The number of carboxylic acids is 1. The monoisotopic (exact) mass is 543 g/mol. The average Bonchev–Trinajstić information content (AvgIpc) is 3.45. The Labute approximate surface area is 239 Å². The molecule has 4 aromatic carbocycles. The first-order valence-electron chi connectivity index (χ1n) is 14.4. The van der Waals surface area contributed by atoms with Gasteiger partial charge in [-0.15, -0.1) is 0 Å². The number of amides is 1. The van der Waals surface area contributed by atoms with Gasteiger partial charge in [0.05, 0.1) is 11.5 Å². The van der Waals surface area contributed by atoms with Gasteiger partial charge in [-0.3, -0.25) is 4.79 Å². The van der Waals surface area contributed by atoms with E-state index in [1.54, 1.807) is 24.3 Å². The van der Waals surface area contributed by atoms with Crippen LogP contribution in [0.3, 0.4) is 0 Å². The number of hydrogen-bond acceptors (Lipinski definition) is 3. The van der Waals surface area contributed by atoms with Crippen LogP contribution >= 0.6 is 0 Å². The fourth-order valence-electron chi connectivity index (χ4n) is 5.89. The highest BCUT2D eigenvalue weighted by Crippen LogP contribution is 2.34. The first kappa shape index (κ1) is 26.6. The van der Waals surface area contributed by atoms with Crippen LogP contribution in [0, 0.1) is 0 Å². The van der Waals surface area contributed by atoms with Crippen molar-refractivity contribution in [3.05, 3.63) is 125 Å². The molecule has 1 unspecified atom stereocenters. The Morgan fingerprint density at radius 1 is 0.829 bits per heavy atom. The van der Waals surface area contributed by atoms with Crippen molar-refractivity contribution in [1.29, 1.82) is 0 Å². The highest BCUT2D eigenvalue weighted by atomic mass is 16.4. The molecule has 1 amide bonds. The molecule has 5 nitrogen and oxygen atoms in total. The van der Waals surface area contributed by atoms with Gasteiger partial charge in [0.1, 0.15) is 11.3 Å². The summed E-state index contributed by atoms with van der Waals surface area (Å²) in [6.45, 7) is 0. The van der Waals surface area contributed by atoms with Gasteiger partial charge in [0.15, 0.2) is 0 Å². The highest BCUT2D eigenvalue weighted by Gasteiger charge is 2.23. The number of carbonyl (C=O) groups is 2. The molecule has 2 N–H and O–H groups in total. The number of furan rings is 1. The van der Waals surface area contributed by atoms with Crippen molar-refractivity contribution in [2.24, 2.45) is 0 Å². The summed E-state index contributed by atoms with van der Waals surface area (Å²) in [6, 6.07) is 32.9. The van der Waals surface area contributed by atoms with Crippen molar-refractivity contribution >= 4 is 28.5 Å². The third-order valence-electron chi connectivity index (χ3n) is 8.24. The Morgan fingerprint density at radius 2 is 1.54 bits per heavy atom. The van der Waals surface area contributed by atoms with Gasteiger partial charge in [-0.25, -0.2) is 4.79 Å². The van der Waals surface area contributed by atoms with E-state index in [1.165, 1.54) is 37.7 Å². The van der Waals surface area contributed by atoms with Crippen molar-refractivity contribution in [3.8, 4) is 11.3 Å². The predicted molar refractivity (Wildman–Crippen MR) is 162 cm³/mol. The Bertz CT molecular complexity index is 1610. The molecule has 5 heteroatoms. The number of fused-ring (bicyclic) bond motifs is 1. The summed E-state index contributed by atoms with van der Waals surface area (Å²) in [6.07, 6.45) is 6.78. The molecule has 1 aliphatic rings. The average molecular weight is 544 g/mol. The second-order valence-corrected chi connectivity index (χ2v) is 11.0. The molecule has 0 bridgehead atoms. The second-order valence-electron chi connectivity index (χ2n) is 11.0. The van der Waals surface area contributed by atoms with Crippen LogP contribution in [-0.2, 0) is 11.2 Å². The van der Waals surface area contributed by atoms with Crippen LogP contribution in [-0.4, -0.2) is 17.0 Å². The lowest BCUT2D eigenvalue weighted by atomic mass is 9.83. The minimum Gasteiger partial charge on any atom is -0.478 e. The smallest absolute Gasteiger partial charge is 0.335 e. The Morgan fingerprint density at radius 3 is 2.22 bits per heavy atom. The van der Waals surface area contributed by atoms with Gasteiger partial charge >= 0.3 is 5.97 Å². The van der Waals surface area contributed by atoms with E-state index >= 15 is 0 Å². The van der Waals surface area contributed by atoms with Crippen LogP contribution in [0.25, 0.3) is 22.3 Å². The van der Waals surface area contributed by atoms with Crippen molar-refractivity contribution in [1.82, 2.24) is 0 Å². The molecule has 1 aliphatic carbocycles. The molecular formula is C36H33NO4. The summed E-state index contributed by atoms with van der Waals surface area (Å²) < 4.78 is 5.99. The first-order chi connectivity index (χ1) is 20.0.